The van der Waals surface area contributed by atoms with Gasteiger partial charge in [-0.2, -0.15) is 0 Å². The van der Waals surface area contributed by atoms with E-state index in [1.165, 1.54) is 19.3 Å². The molecule has 1 fully saturated rings. The molecule has 82 valence electrons. The Bertz CT molecular complexity index is 198. The van der Waals surface area contributed by atoms with Gasteiger partial charge >= 0.3 is 6.09 Å². The molecule has 0 spiro atoms. The maximum absolute atomic E-state index is 10.6. The van der Waals surface area contributed by atoms with Crippen LogP contribution in [0.1, 0.15) is 33.1 Å². The SMILES string of the molecule is CC(C)(CN1CCCCC1)OC(N)=O. The van der Waals surface area contributed by atoms with Gasteiger partial charge in [-0.05, 0) is 39.8 Å². The smallest absolute Gasteiger partial charge is 0.405 e. The number of carbonyl (C=O) groups excluding carboxylic acids is 1. The number of hydrogen-bond donors (Lipinski definition) is 1. The number of likely N-dealkylation sites (tertiary alicyclic amines) is 1. The Morgan fingerprint density at radius 3 is 2.43 bits per heavy atom. The second kappa shape index (κ2) is 4.64. The molecule has 1 aliphatic rings. The lowest BCUT2D eigenvalue weighted by atomic mass is 10.1. The van der Waals surface area contributed by atoms with E-state index in [9.17, 15) is 4.79 Å². The quantitative estimate of drug-likeness (QED) is 0.748. The van der Waals surface area contributed by atoms with Gasteiger partial charge in [0.05, 0.1) is 0 Å². The van der Waals surface area contributed by atoms with Crippen molar-refractivity contribution < 1.29 is 9.53 Å². The van der Waals surface area contributed by atoms with Crippen molar-refractivity contribution >= 4 is 6.09 Å². The third-order valence-corrected chi connectivity index (χ3v) is 2.43. The van der Waals surface area contributed by atoms with Crippen LogP contribution in [-0.2, 0) is 4.74 Å². The first-order valence-corrected chi connectivity index (χ1v) is 5.20. The predicted molar refractivity (Wildman–Crippen MR) is 55.0 cm³/mol. The third kappa shape index (κ3) is 3.96. The molecule has 0 aromatic rings. The van der Waals surface area contributed by atoms with Gasteiger partial charge in [-0.15, -0.1) is 0 Å². The zero-order valence-electron chi connectivity index (χ0n) is 9.08. The lowest BCUT2D eigenvalue weighted by Gasteiger charge is -2.34. The van der Waals surface area contributed by atoms with Gasteiger partial charge in [0.1, 0.15) is 5.60 Å². The fraction of sp³-hybridized carbons (Fsp3) is 0.900. The second-order valence-corrected chi connectivity index (χ2v) is 4.52. The van der Waals surface area contributed by atoms with Crippen LogP contribution >= 0.6 is 0 Å². The molecule has 0 saturated carbocycles. The monoisotopic (exact) mass is 200 g/mol. The summed E-state index contributed by atoms with van der Waals surface area (Å²) < 4.78 is 5.04. The van der Waals surface area contributed by atoms with Crippen LogP contribution in [0.2, 0.25) is 0 Å². The van der Waals surface area contributed by atoms with Crippen molar-refractivity contribution in [3.8, 4) is 0 Å². The number of nitrogens with zero attached hydrogens (tertiary/aromatic N) is 1. The van der Waals surface area contributed by atoms with Crippen LogP contribution in [0.15, 0.2) is 0 Å². The molecule has 1 rings (SSSR count). The molecule has 4 heteroatoms. The van der Waals surface area contributed by atoms with Gasteiger partial charge in [0.15, 0.2) is 0 Å². The Kier molecular flexibility index (Phi) is 3.75. The Labute approximate surface area is 85.4 Å². The van der Waals surface area contributed by atoms with Crippen LogP contribution in [0.25, 0.3) is 0 Å². The lowest BCUT2D eigenvalue weighted by molar-refractivity contribution is 0.0116. The van der Waals surface area contributed by atoms with Crippen LogP contribution in [0, 0.1) is 0 Å². The molecule has 0 aromatic carbocycles. The minimum absolute atomic E-state index is 0.469. The molecular weight excluding hydrogens is 180 g/mol. The van der Waals surface area contributed by atoms with Crippen LogP contribution in [-0.4, -0.2) is 36.2 Å². The summed E-state index contributed by atoms with van der Waals surface area (Å²) in [4.78, 5) is 13.0. The number of primary amides is 1. The van der Waals surface area contributed by atoms with Crippen molar-refractivity contribution in [2.75, 3.05) is 19.6 Å². The molecule has 1 aliphatic heterocycles. The largest absolute Gasteiger partial charge is 0.442 e. The van der Waals surface area contributed by atoms with Gasteiger partial charge in [0, 0.05) is 6.54 Å². The highest BCUT2D eigenvalue weighted by Crippen LogP contribution is 2.15. The van der Waals surface area contributed by atoms with E-state index in [2.05, 4.69) is 4.90 Å². The summed E-state index contributed by atoms with van der Waals surface area (Å²) in [6, 6.07) is 0. The van der Waals surface area contributed by atoms with Crippen molar-refractivity contribution in [3.63, 3.8) is 0 Å². The van der Waals surface area contributed by atoms with Gasteiger partial charge in [0.25, 0.3) is 0 Å². The number of piperidine rings is 1. The third-order valence-electron chi connectivity index (χ3n) is 2.43. The van der Waals surface area contributed by atoms with Gasteiger partial charge in [-0.25, -0.2) is 4.79 Å². The van der Waals surface area contributed by atoms with Crippen molar-refractivity contribution in [2.45, 2.75) is 38.7 Å². The molecule has 14 heavy (non-hydrogen) atoms. The fourth-order valence-electron chi connectivity index (χ4n) is 1.96. The standard InChI is InChI=1S/C10H20N2O2/c1-10(2,14-9(11)13)8-12-6-4-3-5-7-12/h3-8H2,1-2H3,(H2,11,13). The molecule has 0 unspecified atom stereocenters. The fourth-order valence-corrected chi connectivity index (χ4v) is 1.96. The zero-order valence-corrected chi connectivity index (χ0v) is 9.08. The normalized spacial score (nSPS) is 19.3. The lowest BCUT2D eigenvalue weighted by Crippen LogP contribution is -2.44. The zero-order chi connectivity index (χ0) is 10.6. The van der Waals surface area contributed by atoms with E-state index < -0.39 is 11.7 Å². The number of rotatable bonds is 3. The second-order valence-electron chi connectivity index (χ2n) is 4.52. The van der Waals surface area contributed by atoms with Gasteiger partial charge in [-0.1, -0.05) is 6.42 Å². The average molecular weight is 200 g/mol. The Balaban J connectivity index is 2.36. The molecule has 0 bridgehead atoms. The van der Waals surface area contributed by atoms with E-state index in [1.54, 1.807) is 0 Å². The first kappa shape index (κ1) is 11.3. The van der Waals surface area contributed by atoms with E-state index in [0.29, 0.717) is 0 Å². The molecule has 2 N–H and O–H groups in total. The van der Waals surface area contributed by atoms with Crippen molar-refractivity contribution in [1.29, 1.82) is 0 Å². The Hall–Kier alpha value is -0.770. The summed E-state index contributed by atoms with van der Waals surface area (Å²) in [5, 5.41) is 0. The van der Waals surface area contributed by atoms with Crippen LogP contribution in [0.5, 0.6) is 0 Å². The maximum Gasteiger partial charge on any atom is 0.405 e. The highest BCUT2D eigenvalue weighted by atomic mass is 16.6. The van der Waals surface area contributed by atoms with Crippen LogP contribution < -0.4 is 5.73 Å². The number of hydrogen-bond acceptors (Lipinski definition) is 3. The summed E-state index contributed by atoms with van der Waals surface area (Å²) >= 11 is 0. The number of ether oxygens (including phenoxy) is 1. The van der Waals surface area contributed by atoms with E-state index in [-0.39, 0.29) is 0 Å². The molecule has 0 atom stereocenters. The van der Waals surface area contributed by atoms with E-state index in [1.807, 2.05) is 13.8 Å². The van der Waals surface area contributed by atoms with Gasteiger partial charge in [0.2, 0.25) is 0 Å². The summed E-state index contributed by atoms with van der Waals surface area (Å²) in [5.41, 5.74) is 4.53. The molecule has 4 nitrogen and oxygen atoms in total. The number of carbonyl (C=O) groups is 1. The highest BCUT2D eigenvalue weighted by molar-refractivity contribution is 5.65. The first-order chi connectivity index (χ1) is 6.49. The van der Waals surface area contributed by atoms with E-state index >= 15 is 0 Å². The maximum atomic E-state index is 10.6. The summed E-state index contributed by atoms with van der Waals surface area (Å²) in [7, 11) is 0. The Morgan fingerprint density at radius 2 is 1.93 bits per heavy atom. The topological polar surface area (TPSA) is 55.6 Å². The molecule has 0 radical (unpaired) electrons. The molecule has 1 heterocycles. The predicted octanol–water partition coefficient (Wildman–Crippen LogP) is 1.35. The number of nitrogens with two attached hydrogens (primary N) is 1. The summed E-state index contributed by atoms with van der Waals surface area (Å²) in [6.45, 7) is 6.77. The summed E-state index contributed by atoms with van der Waals surface area (Å²) in [5.74, 6) is 0. The van der Waals surface area contributed by atoms with E-state index in [0.717, 1.165) is 19.6 Å². The minimum atomic E-state index is -0.688. The van der Waals surface area contributed by atoms with Gasteiger partial charge < -0.3 is 10.5 Å². The molecular formula is C10H20N2O2. The summed E-state index contributed by atoms with van der Waals surface area (Å²) in [6.07, 6.45) is 3.11. The molecule has 1 saturated heterocycles. The number of amides is 1. The molecule has 0 aliphatic carbocycles. The van der Waals surface area contributed by atoms with Crippen molar-refractivity contribution in [3.05, 3.63) is 0 Å². The minimum Gasteiger partial charge on any atom is -0.442 e. The van der Waals surface area contributed by atoms with E-state index in [4.69, 9.17) is 10.5 Å². The highest BCUT2D eigenvalue weighted by Gasteiger charge is 2.25. The van der Waals surface area contributed by atoms with Crippen molar-refractivity contribution in [1.82, 2.24) is 4.90 Å². The van der Waals surface area contributed by atoms with Crippen LogP contribution in [0.3, 0.4) is 0 Å². The van der Waals surface area contributed by atoms with Crippen LogP contribution in [0.4, 0.5) is 4.79 Å². The first-order valence-electron chi connectivity index (χ1n) is 5.20. The molecule has 0 aromatic heterocycles. The Morgan fingerprint density at radius 1 is 1.36 bits per heavy atom. The van der Waals surface area contributed by atoms with Crippen molar-refractivity contribution in [2.24, 2.45) is 5.73 Å². The molecule has 1 amide bonds. The van der Waals surface area contributed by atoms with Gasteiger partial charge in [-0.3, -0.25) is 4.90 Å². The average Bonchev–Trinajstić information content (AvgIpc) is 2.02.